The van der Waals surface area contributed by atoms with Gasteiger partial charge in [-0.25, -0.2) is 0 Å². The molecule has 0 atom stereocenters. The van der Waals surface area contributed by atoms with Gasteiger partial charge >= 0.3 is 0 Å². The van der Waals surface area contributed by atoms with Crippen LogP contribution < -0.4 is 0 Å². The van der Waals surface area contributed by atoms with Crippen molar-refractivity contribution in [2.24, 2.45) is 0 Å². The van der Waals surface area contributed by atoms with E-state index in [1.54, 1.807) is 0 Å². The molecule has 0 fully saturated rings. The summed E-state index contributed by atoms with van der Waals surface area (Å²) < 4.78 is 0. The summed E-state index contributed by atoms with van der Waals surface area (Å²) in [5.74, 6) is 0. The number of rotatable bonds is 3. The molecule has 0 bridgehead atoms. The van der Waals surface area contributed by atoms with Gasteiger partial charge in [0.1, 0.15) is 0 Å². The summed E-state index contributed by atoms with van der Waals surface area (Å²) in [5.41, 5.74) is 15.8. The topological polar surface area (TPSA) is 25.8 Å². The first-order chi connectivity index (χ1) is 18.3. The number of aromatic nitrogens is 2. The molecule has 6 rings (SSSR count). The van der Waals surface area contributed by atoms with Crippen molar-refractivity contribution >= 4 is 21.7 Å². The maximum Gasteiger partial charge on any atom is 0.0714 e. The Morgan fingerprint density at radius 1 is 0.526 bits per heavy atom. The average Bonchev–Trinajstić information content (AvgIpc) is 2.90. The van der Waals surface area contributed by atoms with Gasteiger partial charge in [0, 0.05) is 23.3 Å². The molecule has 0 saturated carbocycles. The Hall–Kier alpha value is -4.30. The van der Waals surface area contributed by atoms with Crippen LogP contribution >= 0.6 is 0 Å². The molecule has 0 aliphatic heterocycles. The molecule has 0 unspecified atom stereocenters. The number of aryl methyl sites for hydroxylation is 5. The third-order valence-electron chi connectivity index (χ3n) is 7.94. The molecule has 186 valence electrons. The second-order valence-electron chi connectivity index (χ2n) is 10.7. The van der Waals surface area contributed by atoms with Crippen molar-refractivity contribution in [2.45, 2.75) is 41.5 Å². The summed E-state index contributed by atoms with van der Waals surface area (Å²) >= 11 is 0. The Labute approximate surface area is 225 Å². The Morgan fingerprint density at radius 2 is 1.32 bits per heavy atom. The molecule has 0 saturated heterocycles. The summed E-state index contributed by atoms with van der Waals surface area (Å²) in [5, 5.41) is 3.72. The third-order valence-corrected chi connectivity index (χ3v) is 7.94. The lowest BCUT2D eigenvalue weighted by molar-refractivity contribution is 1.22. The van der Waals surface area contributed by atoms with Crippen LogP contribution in [-0.4, -0.2) is 9.97 Å². The molecule has 0 N–H and O–H groups in total. The van der Waals surface area contributed by atoms with Gasteiger partial charge in [0.05, 0.1) is 11.2 Å². The van der Waals surface area contributed by atoms with Crippen LogP contribution in [0.15, 0.2) is 85.2 Å². The maximum atomic E-state index is 4.75. The van der Waals surface area contributed by atoms with Crippen molar-refractivity contribution in [1.82, 2.24) is 9.97 Å². The van der Waals surface area contributed by atoms with Crippen molar-refractivity contribution in [3.8, 4) is 33.5 Å². The first-order valence-corrected chi connectivity index (χ1v) is 13.2. The van der Waals surface area contributed by atoms with E-state index < -0.39 is 0 Å². The van der Waals surface area contributed by atoms with Gasteiger partial charge in [-0.05, 0) is 127 Å². The number of pyridine rings is 2. The lowest BCUT2D eigenvalue weighted by atomic mass is 9.84. The van der Waals surface area contributed by atoms with E-state index in [2.05, 4.69) is 108 Å². The van der Waals surface area contributed by atoms with Crippen LogP contribution in [0.2, 0.25) is 0 Å². The summed E-state index contributed by atoms with van der Waals surface area (Å²) in [6.45, 7) is 13.2. The van der Waals surface area contributed by atoms with E-state index in [0.717, 1.165) is 16.8 Å². The first kappa shape index (κ1) is 24.1. The minimum atomic E-state index is 1.01. The van der Waals surface area contributed by atoms with Gasteiger partial charge in [-0.3, -0.25) is 9.97 Å². The van der Waals surface area contributed by atoms with Gasteiger partial charge in [0.2, 0.25) is 0 Å². The predicted octanol–water partition coefficient (Wildman–Crippen LogP) is 9.63. The van der Waals surface area contributed by atoms with Gasteiger partial charge in [-0.1, -0.05) is 54.1 Å². The van der Waals surface area contributed by atoms with Crippen LogP contribution in [0.25, 0.3) is 55.2 Å². The predicted molar refractivity (Wildman–Crippen MR) is 162 cm³/mol. The molecule has 0 amide bonds. The van der Waals surface area contributed by atoms with E-state index in [1.807, 2.05) is 18.5 Å². The third kappa shape index (κ3) is 3.97. The van der Waals surface area contributed by atoms with Gasteiger partial charge in [0.25, 0.3) is 0 Å². The highest BCUT2D eigenvalue weighted by atomic mass is 14.7. The van der Waals surface area contributed by atoms with E-state index >= 15 is 0 Å². The van der Waals surface area contributed by atoms with Gasteiger partial charge < -0.3 is 0 Å². The average molecular weight is 493 g/mol. The van der Waals surface area contributed by atoms with E-state index in [9.17, 15) is 0 Å². The van der Waals surface area contributed by atoms with Crippen LogP contribution in [0.4, 0.5) is 0 Å². The zero-order valence-corrected chi connectivity index (χ0v) is 23.0. The summed E-state index contributed by atoms with van der Waals surface area (Å²) in [6, 6.07) is 26.6. The minimum absolute atomic E-state index is 1.01. The molecule has 0 aliphatic rings. The van der Waals surface area contributed by atoms with Crippen molar-refractivity contribution in [1.29, 1.82) is 0 Å². The molecule has 38 heavy (non-hydrogen) atoms. The van der Waals surface area contributed by atoms with Crippen LogP contribution in [0.5, 0.6) is 0 Å². The first-order valence-electron chi connectivity index (χ1n) is 13.2. The fraction of sp³-hybridized carbons (Fsp3) is 0.167. The van der Waals surface area contributed by atoms with Crippen molar-refractivity contribution < 1.29 is 0 Å². The molecule has 2 nitrogen and oxygen atoms in total. The number of benzene rings is 4. The van der Waals surface area contributed by atoms with E-state index in [1.165, 1.54) is 71.8 Å². The quantitative estimate of drug-likeness (QED) is 0.230. The van der Waals surface area contributed by atoms with Crippen LogP contribution in [0.1, 0.15) is 33.4 Å². The van der Waals surface area contributed by atoms with E-state index in [0.29, 0.717) is 0 Å². The van der Waals surface area contributed by atoms with Crippen molar-refractivity contribution in [3.05, 3.63) is 119 Å². The summed E-state index contributed by atoms with van der Waals surface area (Å²) in [6.07, 6.45) is 3.86. The Morgan fingerprint density at radius 3 is 2.13 bits per heavy atom. The van der Waals surface area contributed by atoms with Crippen molar-refractivity contribution in [3.63, 3.8) is 0 Å². The highest BCUT2D eigenvalue weighted by Crippen LogP contribution is 2.42. The van der Waals surface area contributed by atoms with Gasteiger partial charge in [-0.15, -0.1) is 0 Å². The zero-order chi connectivity index (χ0) is 26.6. The molecular formula is C36H32N2. The van der Waals surface area contributed by atoms with E-state index in [-0.39, 0.29) is 0 Å². The molecule has 2 heteroatoms. The molecule has 2 heterocycles. The van der Waals surface area contributed by atoms with Crippen molar-refractivity contribution in [2.75, 3.05) is 0 Å². The highest BCUT2D eigenvalue weighted by Gasteiger charge is 2.18. The number of fused-ring (bicyclic) bond motifs is 3. The normalized spacial score (nSPS) is 11.4. The molecule has 0 radical (unpaired) electrons. The minimum Gasteiger partial charge on any atom is -0.256 e. The second kappa shape index (κ2) is 9.22. The zero-order valence-electron chi connectivity index (χ0n) is 23.0. The Balaban J connectivity index is 1.61. The van der Waals surface area contributed by atoms with Crippen LogP contribution in [0.3, 0.4) is 0 Å². The number of hydrogen-bond donors (Lipinski definition) is 0. The Bertz CT molecular complexity index is 1880. The second-order valence-corrected chi connectivity index (χ2v) is 10.7. The fourth-order valence-corrected chi connectivity index (χ4v) is 5.96. The van der Waals surface area contributed by atoms with Gasteiger partial charge in [-0.2, -0.15) is 0 Å². The molecule has 0 spiro atoms. The number of nitrogens with zero attached hydrogens (tertiary/aromatic N) is 2. The fourth-order valence-electron chi connectivity index (χ4n) is 5.96. The standard InChI is InChI=1S/C36H32N2/c1-21-12-13-29-30-11-8-14-37-34(30)19-32(31(29)15-21)36-24(4)16-23(3)35(26(36)6)28-10-7-9-27(18-28)33-17-22(2)25(5)20-38-33/h7-20H,1-6H3. The largest absolute Gasteiger partial charge is 0.256 e. The van der Waals surface area contributed by atoms with Crippen LogP contribution in [0, 0.1) is 41.5 Å². The maximum absolute atomic E-state index is 4.75. The molecule has 4 aromatic carbocycles. The van der Waals surface area contributed by atoms with E-state index in [4.69, 9.17) is 9.97 Å². The summed E-state index contributed by atoms with van der Waals surface area (Å²) in [7, 11) is 0. The SMILES string of the molecule is Cc1ccc2c(c1)c(-c1c(C)cc(C)c(-c3cccc(-c4cc(C)c(C)cn4)c3)c1C)cc1ncccc12. The summed E-state index contributed by atoms with van der Waals surface area (Å²) in [4.78, 5) is 9.48. The Kier molecular flexibility index (Phi) is 5.84. The molecule has 6 aromatic rings. The molecule has 0 aliphatic carbocycles. The lowest BCUT2D eigenvalue weighted by Gasteiger charge is -2.20. The monoisotopic (exact) mass is 492 g/mol. The highest BCUT2D eigenvalue weighted by molar-refractivity contribution is 6.13. The van der Waals surface area contributed by atoms with Crippen LogP contribution in [-0.2, 0) is 0 Å². The smallest absolute Gasteiger partial charge is 0.0714 e. The van der Waals surface area contributed by atoms with Gasteiger partial charge in [0.15, 0.2) is 0 Å². The number of hydrogen-bond acceptors (Lipinski definition) is 2. The molecule has 2 aromatic heterocycles. The lowest BCUT2D eigenvalue weighted by Crippen LogP contribution is -1.98. The molecular weight excluding hydrogens is 460 g/mol.